The third-order valence-corrected chi connectivity index (χ3v) is 5.06. The molecule has 0 aromatic heterocycles. The molecule has 1 heterocycles. The summed E-state index contributed by atoms with van der Waals surface area (Å²) in [6.07, 6.45) is 5.59. The Morgan fingerprint density at radius 1 is 1.33 bits per heavy atom. The van der Waals surface area contributed by atoms with Gasteiger partial charge in [-0.3, -0.25) is 0 Å². The van der Waals surface area contributed by atoms with E-state index in [4.69, 9.17) is 0 Å². The Kier molecular flexibility index (Phi) is 2.39. The Bertz CT molecular complexity index is 171. The van der Waals surface area contributed by atoms with Crippen LogP contribution >= 0.6 is 11.8 Å². The van der Waals surface area contributed by atoms with Crippen molar-refractivity contribution in [3.05, 3.63) is 0 Å². The van der Waals surface area contributed by atoms with Gasteiger partial charge in [0.25, 0.3) is 0 Å². The van der Waals surface area contributed by atoms with Crippen molar-refractivity contribution in [1.29, 1.82) is 0 Å². The van der Waals surface area contributed by atoms with E-state index in [9.17, 15) is 0 Å². The molecule has 1 saturated carbocycles. The Balaban J connectivity index is 2.08. The normalized spacial score (nSPS) is 48.5. The molecule has 1 nitrogen and oxygen atoms in total. The Hall–Kier alpha value is 0.310. The zero-order chi connectivity index (χ0) is 8.60. The fourth-order valence-corrected chi connectivity index (χ4v) is 4.34. The SMILES string of the molecule is CC1CCSC2(CCCC2C)N1. The van der Waals surface area contributed by atoms with E-state index in [1.807, 2.05) is 0 Å². The molecule has 2 rings (SSSR count). The highest BCUT2D eigenvalue weighted by atomic mass is 32.2. The number of rotatable bonds is 0. The van der Waals surface area contributed by atoms with Crippen LogP contribution in [0.25, 0.3) is 0 Å². The third-order valence-electron chi connectivity index (χ3n) is 3.38. The van der Waals surface area contributed by atoms with Gasteiger partial charge < -0.3 is 5.32 Å². The molecule has 1 spiro atoms. The van der Waals surface area contributed by atoms with Crippen molar-refractivity contribution < 1.29 is 0 Å². The number of nitrogens with one attached hydrogen (secondary N) is 1. The molecule has 1 N–H and O–H groups in total. The zero-order valence-electron chi connectivity index (χ0n) is 8.10. The molecule has 12 heavy (non-hydrogen) atoms. The second-order valence-electron chi connectivity index (χ2n) is 4.37. The van der Waals surface area contributed by atoms with Crippen molar-refractivity contribution in [2.75, 3.05) is 5.75 Å². The van der Waals surface area contributed by atoms with Crippen LogP contribution in [0.3, 0.4) is 0 Å². The summed E-state index contributed by atoms with van der Waals surface area (Å²) in [6, 6.07) is 0.742. The molecule has 0 aromatic rings. The van der Waals surface area contributed by atoms with Crippen molar-refractivity contribution in [3.63, 3.8) is 0 Å². The van der Waals surface area contributed by atoms with Gasteiger partial charge in [0.1, 0.15) is 0 Å². The van der Waals surface area contributed by atoms with Gasteiger partial charge in [-0.15, -0.1) is 11.8 Å². The van der Waals surface area contributed by atoms with E-state index in [-0.39, 0.29) is 0 Å². The fourth-order valence-electron chi connectivity index (χ4n) is 2.53. The van der Waals surface area contributed by atoms with Gasteiger partial charge in [-0.25, -0.2) is 0 Å². The lowest BCUT2D eigenvalue weighted by molar-refractivity contribution is 0.330. The highest BCUT2D eigenvalue weighted by Crippen LogP contribution is 2.46. The van der Waals surface area contributed by atoms with Gasteiger partial charge in [-0.2, -0.15) is 0 Å². The second-order valence-corrected chi connectivity index (χ2v) is 5.79. The van der Waals surface area contributed by atoms with Crippen molar-refractivity contribution in [2.45, 2.75) is 50.4 Å². The van der Waals surface area contributed by atoms with Crippen LogP contribution in [0, 0.1) is 5.92 Å². The van der Waals surface area contributed by atoms with Crippen molar-refractivity contribution >= 4 is 11.8 Å². The van der Waals surface area contributed by atoms with Gasteiger partial charge in [0.2, 0.25) is 0 Å². The van der Waals surface area contributed by atoms with Crippen molar-refractivity contribution in [3.8, 4) is 0 Å². The van der Waals surface area contributed by atoms with Crippen LogP contribution in [0.4, 0.5) is 0 Å². The molecule has 2 fully saturated rings. The van der Waals surface area contributed by atoms with E-state index in [1.165, 1.54) is 31.4 Å². The Morgan fingerprint density at radius 3 is 2.75 bits per heavy atom. The average Bonchev–Trinajstić information content (AvgIpc) is 2.33. The van der Waals surface area contributed by atoms with Gasteiger partial charge in [-0.1, -0.05) is 13.3 Å². The fraction of sp³-hybridized carbons (Fsp3) is 1.00. The Morgan fingerprint density at radius 2 is 2.17 bits per heavy atom. The zero-order valence-corrected chi connectivity index (χ0v) is 8.91. The van der Waals surface area contributed by atoms with E-state index in [0.717, 1.165) is 12.0 Å². The molecule has 70 valence electrons. The van der Waals surface area contributed by atoms with Crippen LogP contribution in [0.2, 0.25) is 0 Å². The van der Waals surface area contributed by atoms with Crippen LogP contribution < -0.4 is 5.32 Å². The molecular weight excluding hydrogens is 166 g/mol. The first-order chi connectivity index (χ1) is 5.73. The smallest absolute Gasteiger partial charge is 0.0673 e. The Labute approximate surface area is 79.7 Å². The maximum atomic E-state index is 3.80. The first-order valence-corrected chi connectivity index (χ1v) is 6.13. The maximum Gasteiger partial charge on any atom is 0.0673 e. The molecule has 1 aliphatic heterocycles. The summed E-state index contributed by atoms with van der Waals surface area (Å²) in [5.74, 6) is 2.24. The van der Waals surface area contributed by atoms with Crippen LogP contribution in [-0.4, -0.2) is 16.7 Å². The summed E-state index contributed by atoms with van der Waals surface area (Å²) in [4.78, 5) is 0.470. The van der Waals surface area contributed by atoms with Crippen LogP contribution in [-0.2, 0) is 0 Å². The highest BCUT2D eigenvalue weighted by molar-refractivity contribution is 8.00. The lowest BCUT2D eigenvalue weighted by Crippen LogP contribution is -2.52. The van der Waals surface area contributed by atoms with E-state index in [0.29, 0.717) is 4.87 Å². The monoisotopic (exact) mass is 185 g/mol. The number of hydrogen-bond acceptors (Lipinski definition) is 2. The molecule has 2 aliphatic rings. The third kappa shape index (κ3) is 1.39. The lowest BCUT2D eigenvalue weighted by atomic mass is 10.0. The minimum Gasteiger partial charge on any atom is -0.300 e. The summed E-state index contributed by atoms with van der Waals surface area (Å²) >= 11 is 2.17. The minimum absolute atomic E-state index is 0.470. The number of hydrogen-bond donors (Lipinski definition) is 1. The largest absolute Gasteiger partial charge is 0.300 e. The summed E-state index contributed by atoms with van der Waals surface area (Å²) in [6.45, 7) is 4.73. The molecule has 3 atom stereocenters. The summed E-state index contributed by atoms with van der Waals surface area (Å²) in [5, 5.41) is 3.80. The molecule has 3 unspecified atom stereocenters. The van der Waals surface area contributed by atoms with Crippen LogP contribution in [0.15, 0.2) is 0 Å². The molecule has 0 radical (unpaired) electrons. The van der Waals surface area contributed by atoms with E-state index >= 15 is 0 Å². The highest BCUT2D eigenvalue weighted by Gasteiger charge is 2.42. The predicted molar refractivity (Wildman–Crippen MR) is 55.4 cm³/mol. The van der Waals surface area contributed by atoms with E-state index in [1.54, 1.807) is 0 Å². The second kappa shape index (κ2) is 3.22. The van der Waals surface area contributed by atoms with Gasteiger partial charge in [0.15, 0.2) is 0 Å². The van der Waals surface area contributed by atoms with Gasteiger partial charge >= 0.3 is 0 Å². The molecule has 0 amide bonds. The van der Waals surface area contributed by atoms with Crippen LogP contribution in [0.5, 0.6) is 0 Å². The summed E-state index contributed by atoms with van der Waals surface area (Å²) < 4.78 is 0. The van der Waals surface area contributed by atoms with E-state index < -0.39 is 0 Å². The number of thioether (sulfide) groups is 1. The quantitative estimate of drug-likeness (QED) is 0.622. The topological polar surface area (TPSA) is 12.0 Å². The average molecular weight is 185 g/mol. The molecular formula is C10H19NS. The summed E-state index contributed by atoms with van der Waals surface area (Å²) in [7, 11) is 0. The molecule has 1 saturated heterocycles. The van der Waals surface area contributed by atoms with Crippen molar-refractivity contribution in [1.82, 2.24) is 5.32 Å². The molecule has 1 aliphatic carbocycles. The molecule has 0 bridgehead atoms. The minimum atomic E-state index is 0.470. The molecule has 2 heteroatoms. The van der Waals surface area contributed by atoms with Crippen molar-refractivity contribution in [2.24, 2.45) is 5.92 Å². The van der Waals surface area contributed by atoms with Gasteiger partial charge in [0, 0.05) is 6.04 Å². The van der Waals surface area contributed by atoms with Crippen LogP contribution in [0.1, 0.15) is 39.5 Å². The first kappa shape index (κ1) is 8.89. The standard InChI is InChI=1S/C10H19NS/c1-8-4-3-6-10(8)11-9(2)5-7-12-10/h8-9,11H,3-7H2,1-2H3. The van der Waals surface area contributed by atoms with Gasteiger partial charge in [0.05, 0.1) is 4.87 Å². The lowest BCUT2D eigenvalue weighted by Gasteiger charge is -2.41. The van der Waals surface area contributed by atoms with E-state index in [2.05, 4.69) is 30.9 Å². The predicted octanol–water partition coefficient (Wildman–Crippen LogP) is 2.62. The summed E-state index contributed by atoms with van der Waals surface area (Å²) in [5.41, 5.74) is 0. The van der Waals surface area contributed by atoms with Gasteiger partial charge in [-0.05, 0) is 37.9 Å². The maximum absolute atomic E-state index is 3.80. The first-order valence-electron chi connectivity index (χ1n) is 5.14. The molecule has 0 aromatic carbocycles.